The molecular formula is C16H15ClOS. The van der Waals surface area contributed by atoms with Crippen LogP contribution < -0.4 is 0 Å². The number of Topliss-reactive ketones (excluding diaryl/α,β-unsaturated/α-hetero) is 1. The van der Waals surface area contributed by atoms with Gasteiger partial charge in [0.1, 0.15) is 0 Å². The molecule has 1 nitrogen and oxygen atoms in total. The van der Waals surface area contributed by atoms with Gasteiger partial charge in [-0.15, -0.1) is 11.8 Å². The molecule has 0 aliphatic heterocycles. The maximum Gasteiger partial charge on any atom is 0.175 e. The van der Waals surface area contributed by atoms with Crippen molar-refractivity contribution in [3.05, 3.63) is 64.7 Å². The van der Waals surface area contributed by atoms with Crippen molar-refractivity contribution in [3.8, 4) is 0 Å². The van der Waals surface area contributed by atoms with E-state index in [-0.39, 0.29) is 11.0 Å². The minimum atomic E-state index is -0.150. The Morgan fingerprint density at radius 3 is 2.37 bits per heavy atom. The van der Waals surface area contributed by atoms with Gasteiger partial charge in [0.2, 0.25) is 0 Å². The molecule has 2 aromatic carbocycles. The van der Waals surface area contributed by atoms with Crippen LogP contribution in [0.5, 0.6) is 0 Å². The molecular weight excluding hydrogens is 276 g/mol. The van der Waals surface area contributed by atoms with Crippen LogP contribution in [0.25, 0.3) is 0 Å². The van der Waals surface area contributed by atoms with Crippen LogP contribution in [-0.2, 0) is 0 Å². The second-order valence-electron chi connectivity index (χ2n) is 4.42. The standard InChI is InChI=1S/C16H15ClOS/c1-11-7-9-13(10-8-11)16(18)12(2)19-15-6-4-3-5-14(15)17/h3-10,12H,1-2H3. The Hall–Kier alpha value is -1.25. The Labute approximate surface area is 123 Å². The fourth-order valence-corrected chi connectivity index (χ4v) is 2.97. The van der Waals surface area contributed by atoms with E-state index in [0.717, 1.165) is 16.0 Å². The summed E-state index contributed by atoms with van der Waals surface area (Å²) >= 11 is 7.60. The lowest BCUT2D eigenvalue weighted by Crippen LogP contribution is -2.13. The molecule has 1 atom stereocenters. The van der Waals surface area contributed by atoms with Crippen molar-refractivity contribution in [1.29, 1.82) is 0 Å². The van der Waals surface area contributed by atoms with E-state index in [1.807, 2.05) is 62.4 Å². The van der Waals surface area contributed by atoms with Crippen LogP contribution in [0.4, 0.5) is 0 Å². The summed E-state index contributed by atoms with van der Waals surface area (Å²) < 4.78 is 0. The van der Waals surface area contributed by atoms with Crippen LogP contribution in [0.3, 0.4) is 0 Å². The van der Waals surface area contributed by atoms with Gasteiger partial charge in [0.05, 0.1) is 10.3 Å². The van der Waals surface area contributed by atoms with Crippen LogP contribution in [0.15, 0.2) is 53.4 Å². The third kappa shape index (κ3) is 3.62. The molecule has 2 aromatic rings. The second kappa shape index (κ2) is 6.27. The molecule has 0 amide bonds. The molecule has 0 fully saturated rings. The maximum absolute atomic E-state index is 12.3. The molecule has 98 valence electrons. The first kappa shape index (κ1) is 14.2. The number of benzene rings is 2. The summed E-state index contributed by atoms with van der Waals surface area (Å²) in [5.74, 6) is 0.130. The molecule has 0 saturated carbocycles. The van der Waals surface area contributed by atoms with Gasteiger partial charge in [-0.2, -0.15) is 0 Å². The van der Waals surface area contributed by atoms with Crippen molar-refractivity contribution in [2.75, 3.05) is 0 Å². The number of thioether (sulfide) groups is 1. The monoisotopic (exact) mass is 290 g/mol. The van der Waals surface area contributed by atoms with Crippen molar-refractivity contribution in [2.45, 2.75) is 24.0 Å². The van der Waals surface area contributed by atoms with E-state index >= 15 is 0 Å². The Morgan fingerprint density at radius 2 is 1.74 bits per heavy atom. The molecule has 0 heterocycles. The number of rotatable bonds is 4. The molecule has 19 heavy (non-hydrogen) atoms. The topological polar surface area (TPSA) is 17.1 Å². The van der Waals surface area contributed by atoms with Crippen LogP contribution in [0.1, 0.15) is 22.8 Å². The third-order valence-electron chi connectivity index (χ3n) is 2.85. The first-order valence-corrected chi connectivity index (χ1v) is 7.36. The van der Waals surface area contributed by atoms with E-state index in [9.17, 15) is 4.79 Å². The van der Waals surface area contributed by atoms with Crippen LogP contribution in [-0.4, -0.2) is 11.0 Å². The van der Waals surface area contributed by atoms with Crippen molar-refractivity contribution in [2.24, 2.45) is 0 Å². The summed E-state index contributed by atoms with van der Waals surface area (Å²) in [4.78, 5) is 13.2. The molecule has 3 heteroatoms. The van der Waals surface area contributed by atoms with Crippen LogP contribution >= 0.6 is 23.4 Å². The van der Waals surface area contributed by atoms with Gasteiger partial charge < -0.3 is 0 Å². The molecule has 0 aromatic heterocycles. The first-order chi connectivity index (χ1) is 9.08. The van der Waals surface area contributed by atoms with E-state index in [1.165, 1.54) is 11.8 Å². The van der Waals surface area contributed by atoms with Crippen LogP contribution in [0, 0.1) is 6.92 Å². The van der Waals surface area contributed by atoms with Gasteiger partial charge in [-0.1, -0.05) is 53.6 Å². The number of carbonyl (C=O) groups is 1. The number of hydrogen-bond donors (Lipinski definition) is 0. The average Bonchev–Trinajstić information content (AvgIpc) is 2.41. The molecule has 0 N–H and O–H groups in total. The van der Waals surface area contributed by atoms with E-state index in [4.69, 9.17) is 11.6 Å². The summed E-state index contributed by atoms with van der Waals surface area (Å²) in [6.45, 7) is 3.92. The quantitative estimate of drug-likeness (QED) is 0.581. The van der Waals surface area contributed by atoms with Crippen molar-refractivity contribution in [1.82, 2.24) is 0 Å². The maximum atomic E-state index is 12.3. The molecule has 2 rings (SSSR count). The van der Waals surface area contributed by atoms with Crippen molar-refractivity contribution in [3.63, 3.8) is 0 Å². The largest absolute Gasteiger partial charge is 0.293 e. The minimum absolute atomic E-state index is 0.130. The van der Waals surface area contributed by atoms with E-state index in [1.54, 1.807) is 0 Å². The highest BCUT2D eigenvalue weighted by atomic mass is 35.5. The number of ketones is 1. The predicted octanol–water partition coefficient (Wildman–Crippen LogP) is 5.01. The van der Waals surface area contributed by atoms with Crippen molar-refractivity contribution >= 4 is 29.1 Å². The van der Waals surface area contributed by atoms with Gasteiger partial charge in [0.15, 0.2) is 5.78 Å². The van der Waals surface area contributed by atoms with Crippen molar-refractivity contribution < 1.29 is 4.79 Å². The average molecular weight is 291 g/mol. The predicted molar refractivity (Wildman–Crippen MR) is 82.3 cm³/mol. The van der Waals surface area contributed by atoms with E-state index in [0.29, 0.717) is 5.02 Å². The third-order valence-corrected chi connectivity index (χ3v) is 4.46. The van der Waals surface area contributed by atoms with Gasteiger partial charge >= 0.3 is 0 Å². The summed E-state index contributed by atoms with van der Waals surface area (Å²) in [5, 5.41) is 0.540. The molecule has 0 saturated heterocycles. The van der Waals surface area contributed by atoms with E-state index in [2.05, 4.69) is 0 Å². The van der Waals surface area contributed by atoms with Gasteiger partial charge in [0.25, 0.3) is 0 Å². The highest BCUT2D eigenvalue weighted by Crippen LogP contribution is 2.31. The Balaban J connectivity index is 2.12. The first-order valence-electron chi connectivity index (χ1n) is 6.10. The number of carbonyl (C=O) groups excluding carboxylic acids is 1. The Morgan fingerprint density at radius 1 is 1.11 bits per heavy atom. The fourth-order valence-electron chi connectivity index (χ4n) is 1.74. The zero-order valence-electron chi connectivity index (χ0n) is 10.9. The van der Waals surface area contributed by atoms with Crippen LogP contribution in [0.2, 0.25) is 5.02 Å². The summed E-state index contributed by atoms with van der Waals surface area (Å²) in [6.07, 6.45) is 0. The molecule has 1 unspecified atom stereocenters. The smallest absolute Gasteiger partial charge is 0.175 e. The van der Waals surface area contributed by atoms with Gasteiger partial charge in [-0.05, 0) is 26.0 Å². The lowest BCUT2D eigenvalue weighted by Gasteiger charge is -2.11. The molecule has 0 spiro atoms. The Kier molecular flexibility index (Phi) is 4.67. The lowest BCUT2D eigenvalue weighted by atomic mass is 10.1. The highest BCUT2D eigenvalue weighted by Gasteiger charge is 2.17. The van der Waals surface area contributed by atoms with Gasteiger partial charge in [0, 0.05) is 10.5 Å². The summed E-state index contributed by atoms with van der Waals surface area (Å²) in [5.41, 5.74) is 1.90. The molecule has 0 radical (unpaired) electrons. The molecule has 0 bridgehead atoms. The highest BCUT2D eigenvalue weighted by molar-refractivity contribution is 8.00. The lowest BCUT2D eigenvalue weighted by molar-refractivity contribution is 0.0994. The summed E-state index contributed by atoms with van der Waals surface area (Å²) in [7, 11) is 0. The zero-order valence-corrected chi connectivity index (χ0v) is 12.5. The fraction of sp³-hybridized carbons (Fsp3) is 0.188. The van der Waals surface area contributed by atoms with Gasteiger partial charge in [-0.25, -0.2) is 0 Å². The SMILES string of the molecule is Cc1ccc(C(=O)C(C)Sc2ccccc2Cl)cc1. The zero-order chi connectivity index (χ0) is 13.8. The van der Waals surface area contributed by atoms with Gasteiger partial charge in [-0.3, -0.25) is 4.79 Å². The minimum Gasteiger partial charge on any atom is -0.293 e. The van der Waals surface area contributed by atoms with E-state index < -0.39 is 0 Å². The summed E-state index contributed by atoms with van der Waals surface area (Å²) in [6, 6.07) is 15.3. The number of halogens is 1. The molecule has 0 aliphatic carbocycles. The molecule has 0 aliphatic rings. The Bertz CT molecular complexity index is 578. The number of aryl methyl sites for hydroxylation is 1. The second-order valence-corrected chi connectivity index (χ2v) is 6.21. The number of hydrogen-bond acceptors (Lipinski definition) is 2. The normalized spacial score (nSPS) is 12.2.